The molecule has 0 nitrogen and oxygen atoms in total. The Morgan fingerprint density at radius 1 is 1.00 bits per heavy atom. The van der Waals surface area contributed by atoms with Crippen molar-refractivity contribution >= 4 is 59.4 Å². The zero-order valence-corrected chi connectivity index (χ0v) is 15.8. The average molecular weight is 467 g/mol. The third kappa shape index (κ3) is 4.07. The molecule has 0 amide bonds. The first-order chi connectivity index (χ1) is 8.97. The van der Waals surface area contributed by atoms with Gasteiger partial charge < -0.3 is 0 Å². The minimum absolute atomic E-state index is 0.0487. The van der Waals surface area contributed by atoms with Crippen LogP contribution in [0.25, 0.3) is 0 Å². The molecule has 0 bridgehead atoms. The SMILES string of the molecule is Cc1cc(Br)c(C(Cl)Cc2ccc(Br)cc2)cc1Br. The number of hydrogen-bond acceptors (Lipinski definition) is 0. The topological polar surface area (TPSA) is 0 Å². The lowest BCUT2D eigenvalue weighted by atomic mass is 10.0. The maximum absolute atomic E-state index is 6.55. The highest BCUT2D eigenvalue weighted by Gasteiger charge is 2.14. The molecule has 2 rings (SSSR count). The van der Waals surface area contributed by atoms with E-state index in [0.29, 0.717) is 0 Å². The number of aryl methyl sites for hydroxylation is 1. The van der Waals surface area contributed by atoms with Crippen molar-refractivity contribution in [3.63, 3.8) is 0 Å². The predicted octanol–water partition coefficient (Wildman–Crippen LogP) is 6.81. The summed E-state index contributed by atoms with van der Waals surface area (Å²) in [6.07, 6.45) is 0.808. The highest BCUT2D eigenvalue weighted by atomic mass is 79.9. The van der Waals surface area contributed by atoms with E-state index in [0.717, 1.165) is 25.4 Å². The molecule has 0 fully saturated rings. The first kappa shape index (κ1) is 15.6. The molecule has 2 aromatic rings. The summed E-state index contributed by atoms with van der Waals surface area (Å²) in [5.74, 6) is 0. The predicted molar refractivity (Wildman–Crippen MR) is 93.0 cm³/mol. The van der Waals surface area contributed by atoms with Crippen LogP contribution in [0.15, 0.2) is 49.8 Å². The van der Waals surface area contributed by atoms with Crippen molar-refractivity contribution in [2.45, 2.75) is 18.7 Å². The molecule has 0 saturated carbocycles. The maximum atomic E-state index is 6.55. The van der Waals surface area contributed by atoms with Crippen LogP contribution >= 0.6 is 59.4 Å². The summed E-state index contributed by atoms with van der Waals surface area (Å²) in [4.78, 5) is 0. The van der Waals surface area contributed by atoms with E-state index in [9.17, 15) is 0 Å². The van der Waals surface area contributed by atoms with Crippen LogP contribution in [0.1, 0.15) is 22.1 Å². The molecule has 0 aromatic heterocycles. The Labute approximate surface area is 143 Å². The molecule has 0 N–H and O–H groups in total. The van der Waals surface area contributed by atoms with Gasteiger partial charge in [-0.1, -0.05) is 59.9 Å². The van der Waals surface area contributed by atoms with Crippen molar-refractivity contribution in [3.8, 4) is 0 Å². The van der Waals surface area contributed by atoms with E-state index in [4.69, 9.17) is 11.6 Å². The molecule has 0 aliphatic heterocycles. The fourth-order valence-electron chi connectivity index (χ4n) is 1.84. The van der Waals surface area contributed by atoms with Gasteiger partial charge in [-0.05, 0) is 54.3 Å². The molecule has 100 valence electrons. The molecule has 2 aromatic carbocycles. The molecule has 0 radical (unpaired) electrons. The molecule has 0 heterocycles. The Kier molecular flexibility index (Phi) is 5.53. The van der Waals surface area contributed by atoms with Crippen LogP contribution in [-0.2, 0) is 6.42 Å². The van der Waals surface area contributed by atoms with Crippen LogP contribution in [0, 0.1) is 6.92 Å². The van der Waals surface area contributed by atoms with Crippen LogP contribution < -0.4 is 0 Å². The molecule has 1 unspecified atom stereocenters. The van der Waals surface area contributed by atoms with Crippen molar-refractivity contribution in [3.05, 3.63) is 66.5 Å². The van der Waals surface area contributed by atoms with Crippen molar-refractivity contribution in [1.29, 1.82) is 0 Å². The molecule has 19 heavy (non-hydrogen) atoms. The maximum Gasteiger partial charge on any atom is 0.0636 e. The summed E-state index contributed by atoms with van der Waals surface area (Å²) in [6, 6.07) is 12.5. The first-order valence-electron chi connectivity index (χ1n) is 5.81. The smallest absolute Gasteiger partial charge is 0.0636 e. The normalized spacial score (nSPS) is 12.5. The van der Waals surface area contributed by atoms with E-state index in [2.05, 4.69) is 79.0 Å². The minimum Gasteiger partial charge on any atom is -0.117 e. The molecular formula is C15H12Br3Cl. The molecule has 0 spiro atoms. The number of rotatable bonds is 3. The van der Waals surface area contributed by atoms with Gasteiger partial charge in [-0.15, -0.1) is 11.6 Å². The van der Waals surface area contributed by atoms with Crippen LogP contribution in [-0.4, -0.2) is 0 Å². The van der Waals surface area contributed by atoms with E-state index in [1.807, 2.05) is 12.1 Å². The summed E-state index contributed by atoms with van der Waals surface area (Å²) in [5, 5.41) is -0.0487. The number of halogens is 4. The average Bonchev–Trinajstić information content (AvgIpc) is 2.36. The monoisotopic (exact) mass is 464 g/mol. The first-order valence-corrected chi connectivity index (χ1v) is 8.63. The Bertz CT molecular complexity index is 579. The summed E-state index contributed by atoms with van der Waals surface area (Å²) < 4.78 is 3.24. The molecule has 0 aliphatic rings. The highest BCUT2D eigenvalue weighted by Crippen LogP contribution is 2.34. The Hall–Kier alpha value is 0.170. The molecule has 0 saturated heterocycles. The number of hydrogen-bond donors (Lipinski definition) is 0. The standard InChI is InChI=1S/C15H12Br3Cl/c1-9-6-14(18)12(8-13(9)17)15(19)7-10-2-4-11(16)5-3-10/h2-6,8,15H,7H2,1H3. The second kappa shape index (κ2) is 6.75. The Morgan fingerprint density at radius 2 is 1.63 bits per heavy atom. The van der Waals surface area contributed by atoms with E-state index in [1.54, 1.807) is 0 Å². The fourth-order valence-corrected chi connectivity index (χ4v) is 3.69. The lowest BCUT2D eigenvalue weighted by Crippen LogP contribution is -1.98. The lowest BCUT2D eigenvalue weighted by Gasteiger charge is -2.14. The van der Waals surface area contributed by atoms with Gasteiger partial charge in [0.25, 0.3) is 0 Å². The van der Waals surface area contributed by atoms with Gasteiger partial charge in [-0.25, -0.2) is 0 Å². The molecule has 1 atom stereocenters. The summed E-state index contributed by atoms with van der Waals surface area (Å²) in [5.41, 5.74) is 3.54. The van der Waals surface area contributed by atoms with Crippen molar-refractivity contribution < 1.29 is 0 Å². The van der Waals surface area contributed by atoms with Gasteiger partial charge in [0.1, 0.15) is 0 Å². The number of alkyl halides is 1. The van der Waals surface area contributed by atoms with Gasteiger partial charge in [-0.3, -0.25) is 0 Å². The third-order valence-electron chi connectivity index (χ3n) is 2.94. The molecule has 4 heteroatoms. The zero-order chi connectivity index (χ0) is 14.0. The van der Waals surface area contributed by atoms with E-state index in [-0.39, 0.29) is 5.38 Å². The summed E-state index contributed by atoms with van der Waals surface area (Å²) in [7, 11) is 0. The number of benzene rings is 2. The van der Waals surface area contributed by atoms with E-state index >= 15 is 0 Å². The van der Waals surface area contributed by atoms with Gasteiger partial charge in [-0.2, -0.15) is 0 Å². The molecule has 0 aliphatic carbocycles. The zero-order valence-electron chi connectivity index (χ0n) is 10.3. The van der Waals surface area contributed by atoms with E-state index in [1.165, 1.54) is 11.1 Å². The fraction of sp³-hybridized carbons (Fsp3) is 0.200. The van der Waals surface area contributed by atoms with Crippen LogP contribution in [0.4, 0.5) is 0 Å². The Morgan fingerprint density at radius 3 is 2.26 bits per heavy atom. The largest absolute Gasteiger partial charge is 0.117 e. The summed E-state index contributed by atoms with van der Waals surface area (Å²) >= 11 is 17.1. The molecular weight excluding hydrogens is 455 g/mol. The quantitative estimate of drug-likeness (QED) is 0.436. The second-order valence-corrected chi connectivity index (χ2v) is 7.57. The van der Waals surface area contributed by atoms with Crippen molar-refractivity contribution in [2.24, 2.45) is 0 Å². The highest BCUT2D eigenvalue weighted by molar-refractivity contribution is 9.11. The minimum atomic E-state index is -0.0487. The van der Waals surface area contributed by atoms with Gasteiger partial charge in [0.2, 0.25) is 0 Å². The van der Waals surface area contributed by atoms with E-state index < -0.39 is 0 Å². The Balaban J connectivity index is 2.22. The van der Waals surface area contributed by atoms with Crippen molar-refractivity contribution in [2.75, 3.05) is 0 Å². The van der Waals surface area contributed by atoms with Gasteiger partial charge in [0.05, 0.1) is 5.38 Å². The van der Waals surface area contributed by atoms with Crippen molar-refractivity contribution in [1.82, 2.24) is 0 Å². The third-order valence-corrected chi connectivity index (χ3v) is 5.40. The van der Waals surface area contributed by atoms with Crippen LogP contribution in [0.2, 0.25) is 0 Å². The lowest BCUT2D eigenvalue weighted by molar-refractivity contribution is 0.912. The van der Waals surface area contributed by atoms with Crippen LogP contribution in [0.5, 0.6) is 0 Å². The van der Waals surface area contributed by atoms with Gasteiger partial charge >= 0.3 is 0 Å². The van der Waals surface area contributed by atoms with Crippen LogP contribution in [0.3, 0.4) is 0 Å². The van der Waals surface area contributed by atoms with Gasteiger partial charge in [0, 0.05) is 13.4 Å². The van der Waals surface area contributed by atoms with Gasteiger partial charge in [0.15, 0.2) is 0 Å². The summed E-state index contributed by atoms with van der Waals surface area (Å²) in [6.45, 7) is 2.07. The second-order valence-electron chi connectivity index (χ2n) is 4.42.